The van der Waals surface area contributed by atoms with Gasteiger partial charge in [-0.3, -0.25) is 28.0 Å². The molecule has 0 spiro atoms. The standard InChI is InChI=1S/C10H17N2O15P3.CH4/c1-23-10(5-24-29(19,20)27-30(21,22)26-28(16,17)18)4-6(13)8(25-10)12-3-2-7(14)11-9(12)15;/h2-3,6,8,13H,4-5H2,1H3,(H,19,20)(H,21,22)(H,11,14,15)(H2,16,17,18);1H4/p-2/t6-,8-,10+;/m1./s1. The van der Waals surface area contributed by atoms with Crippen molar-refractivity contribution in [2.75, 3.05) is 13.7 Å². The van der Waals surface area contributed by atoms with Crippen LogP contribution in [0.4, 0.5) is 0 Å². The number of aromatic amines is 1. The first-order valence-electron chi connectivity index (χ1n) is 7.54. The zero-order chi connectivity index (χ0) is 23.0. The molecule has 1 fully saturated rings. The monoisotopic (exact) mass is 512 g/mol. The van der Waals surface area contributed by atoms with Gasteiger partial charge in [-0.15, -0.1) is 0 Å². The lowest BCUT2D eigenvalue weighted by molar-refractivity contribution is -0.244. The molecule has 0 aromatic carbocycles. The molecule has 1 aliphatic rings. The zero-order valence-corrected chi connectivity index (χ0v) is 17.4. The molecular weight excluding hydrogens is 493 g/mol. The summed E-state index contributed by atoms with van der Waals surface area (Å²) in [6.45, 7) is -1.06. The van der Waals surface area contributed by atoms with Crippen LogP contribution in [0.1, 0.15) is 20.1 Å². The molecule has 180 valence electrons. The number of nitrogens with zero attached hydrogens (tertiary/aromatic N) is 1. The number of phosphoric acid groups is 3. The van der Waals surface area contributed by atoms with E-state index in [2.05, 4.69) is 13.1 Å². The van der Waals surface area contributed by atoms with Crippen LogP contribution in [0.5, 0.6) is 0 Å². The third-order valence-electron chi connectivity index (χ3n) is 3.54. The minimum atomic E-state index is -6.03. The van der Waals surface area contributed by atoms with Crippen LogP contribution in [-0.4, -0.2) is 50.1 Å². The maximum absolute atomic E-state index is 11.9. The van der Waals surface area contributed by atoms with Crippen molar-refractivity contribution in [2.45, 2.75) is 32.0 Å². The van der Waals surface area contributed by atoms with E-state index in [4.69, 9.17) is 14.4 Å². The number of phosphoric ester groups is 1. The first-order chi connectivity index (χ1) is 13.6. The van der Waals surface area contributed by atoms with E-state index in [0.717, 1.165) is 23.9 Å². The summed E-state index contributed by atoms with van der Waals surface area (Å²) in [5, 5.41) is 10.2. The van der Waals surface area contributed by atoms with Gasteiger partial charge in [0, 0.05) is 25.8 Å². The number of aliphatic hydroxyl groups is 1. The number of H-pyrrole nitrogens is 1. The highest BCUT2D eigenvalue weighted by molar-refractivity contribution is 7.65. The summed E-state index contributed by atoms with van der Waals surface area (Å²) >= 11 is 0. The van der Waals surface area contributed by atoms with Crippen molar-refractivity contribution < 1.29 is 61.0 Å². The highest BCUT2D eigenvalue weighted by atomic mass is 31.3. The normalized spacial score (nSPS) is 29.4. The topological polar surface area (TPSA) is 259 Å². The fourth-order valence-electron chi connectivity index (χ4n) is 2.39. The second-order valence-electron chi connectivity index (χ2n) is 5.73. The number of rotatable bonds is 9. The van der Waals surface area contributed by atoms with Gasteiger partial charge in [0.1, 0.15) is 12.7 Å². The second kappa shape index (κ2) is 9.85. The van der Waals surface area contributed by atoms with E-state index in [0.29, 0.717) is 0 Å². The first-order valence-corrected chi connectivity index (χ1v) is 12.0. The maximum atomic E-state index is 11.9. The van der Waals surface area contributed by atoms with Crippen LogP contribution in [0.2, 0.25) is 0 Å². The van der Waals surface area contributed by atoms with E-state index in [1.54, 1.807) is 0 Å². The van der Waals surface area contributed by atoms with Crippen molar-refractivity contribution in [3.8, 4) is 0 Å². The fourth-order valence-corrected chi connectivity index (χ4v) is 5.35. The van der Waals surface area contributed by atoms with Gasteiger partial charge in [0.25, 0.3) is 21.2 Å². The molecule has 0 amide bonds. The van der Waals surface area contributed by atoms with E-state index in [1.807, 2.05) is 4.98 Å². The summed E-state index contributed by atoms with van der Waals surface area (Å²) in [4.78, 5) is 64.4. The molecule has 0 bridgehead atoms. The minimum Gasteiger partial charge on any atom is -0.756 e. The average Bonchev–Trinajstić information content (AvgIpc) is 2.87. The van der Waals surface area contributed by atoms with Crippen LogP contribution in [0, 0.1) is 0 Å². The van der Waals surface area contributed by atoms with Gasteiger partial charge in [-0.05, 0) is 0 Å². The molecule has 0 saturated carbocycles. The molecule has 2 rings (SSSR count). The molecule has 17 nitrogen and oxygen atoms in total. The third kappa shape index (κ3) is 7.80. The van der Waals surface area contributed by atoms with Gasteiger partial charge < -0.3 is 34.2 Å². The number of hydrogen-bond acceptors (Lipinski definition) is 13. The molecule has 1 saturated heterocycles. The van der Waals surface area contributed by atoms with Crippen LogP contribution < -0.4 is 21.0 Å². The Morgan fingerprint density at radius 3 is 2.42 bits per heavy atom. The van der Waals surface area contributed by atoms with Gasteiger partial charge in [-0.25, -0.2) is 18.0 Å². The largest absolute Gasteiger partial charge is 0.756 e. The Morgan fingerprint density at radius 2 is 1.90 bits per heavy atom. The Kier molecular flexibility index (Phi) is 8.90. The maximum Gasteiger partial charge on any atom is 0.478 e. The Hall–Kier alpha value is -1.03. The SMILES string of the molecule is C.CO[C@@]1(COP(=O)(O)OP(=O)([O-])OP(=O)([O-])O)C[C@@H](O)[C@H](n2ccc(=O)[nH]c2=O)O1. The third-order valence-corrected chi connectivity index (χ3v) is 7.24. The van der Waals surface area contributed by atoms with E-state index in [1.165, 1.54) is 0 Å². The van der Waals surface area contributed by atoms with Crippen LogP contribution in [0.3, 0.4) is 0 Å². The quantitative estimate of drug-likeness (QED) is 0.258. The number of ether oxygens (including phenoxy) is 2. The highest BCUT2D eigenvalue weighted by Gasteiger charge is 2.49. The summed E-state index contributed by atoms with van der Waals surface area (Å²) in [5.41, 5.74) is -1.68. The Morgan fingerprint density at radius 1 is 1.29 bits per heavy atom. The molecule has 0 aliphatic carbocycles. The van der Waals surface area contributed by atoms with Crippen LogP contribution >= 0.6 is 23.5 Å². The summed E-state index contributed by atoms with van der Waals surface area (Å²) < 4.78 is 55.7. The lowest BCUT2D eigenvalue weighted by Crippen LogP contribution is -2.38. The summed E-state index contributed by atoms with van der Waals surface area (Å²) in [6.07, 6.45) is -2.35. The molecule has 1 aliphatic heterocycles. The number of aliphatic hydroxyl groups excluding tert-OH is 1. The highest BCUT2D eigenvalue weighted by Crippen LogP contribution is 2.63. The predicted molar refractivity (Wildman–Crippen MR) is 93.9 cm³/mol. The van der Waals surface area contributed by atoms with Crippen LogP contribution in [0.15, 0.2) is 21.9 Å². The number of aromatic nitrogens is 2. The number of hydrogen-bond donors (Lipinski definition) is 4. The van der Waals surface area contributed by atoms with E-state index < -0.39 is 65.9 Å². The van der Waals surface area contributed by atoms with Gasteiger partial charge >= 0.3 is 13.5 Å². The van der Waals surface area contributed by atoms with Crippen molar-refractivity contribution in [3.63, 3.8) is 0 Å². The van der Waals surface area contributed by atoms with Gasteiger partial charge in [0.15, 0.2) is 12.0 Å². The summed E-state index contributed by atoms with van der Waals surface area (Å²) in [5.74, 6) is -2.00. The van der Waals surface area contributed by atoms with Crippen molar-refractivity contribution in [2.24, 2.45) is 0 Å². The average molecular weight is 512 g/mol. The van der Waals surface area contributed by atoms with Crippen molar-refractivity contribution in [3.05, 3.63) is 33.1 Å². The van der Waals surface area contributed by atoms with Crippen molar-refractivity contribution in [1.82, 2.24) is 9.55 Å². The Balaban J connectivity index is 0.00000480. The molecule has 1 aromatic rings. The predicted octanol–water partition coefficient (Wildman–Crippen LogP) is -2.13. The molecule has 6 atom stereocenters. The summed E-state index contributed by atoms with van der Waals surface area (Å²) in [7, 11) is -16.4. The molecular formula is C11H19N2O15P3-2. The molecule has 1 aromatic heterocycles. The van der Waals surface area contributed by atoms with Gasteiger partial charge in [0.2, 0.25) is 0 Å². The molecule has 20 heteroatoms. The molecule has 4 N–H and O–H groups in total. The molecule has 0 radical (unpaired) electrons. The van der Waals surface area contributed by atoms with E-state index in [9.17, 15) is 43.1 Å². The molecule has 2 heterocycles. The van der Waals surface area contributed by atoms with E-state index in [-0.39, 0.29) is 7.43 Å². The molecule has 31 heavy (non-hydrogen) atoms. The second-order valence-corrected chi connectivity index (χ2v) is 10.1. The van der Waals surface area contributed by atoms with Crippen molar-refractivity contribution in [1.29, 1.82) is 0 Å². The Labute approximate surface area is 173 Å². The van der Waals surface area contributed by atoms with E-state index >= 15 is 0 Å². The fraction of sp³-hybridized carbons (Fsp3) is 0.636. The summed E-state index contributed by atoms with van der Waals surface area (Å²) in [6, 6.07) is 0.957. The number of methoxy groups -OCH3 is 1. The van der Waals surface area contributed by atoms with Crippen LogP contribution in [-0.2, 0) is 36.3 Å². The lowest BCUT2D eigenvalue weighted by Gasteiger charge is -2.30. The smallest absolute Gasteiger partial charge is 0.478 e. The first kappa shape index (κ1) is 28.0. The number of nitrogens with one attached hydrogen (secondary N) is 1. The van der Waals surface area contributed by atoms with Gasteiger partial charge in [-0.2, -0.15) is 0 Å². The minimum absolute atomic E-state index is 0. The molecule has 3 unspecified atom stereocenters. The lowest BCUT2D eigenvalue weighted by atomic mass is 10.1. The van der Waals surface area contributed by atoms with Gasteiger partial charge in [-0.1, -0.05) is 7.43 Å². The van der Waals surface area contributed by atoms with Crippen molar-refractivity contribution >= 4 is 23.5 Å². The zero-order valence-electron chi connectivity index (χ0n) is 14.8. The Bertz CT molecular complexity index is 1030. The van der Waals surface area contributed by atoms with Crippen LogP contribution in [0.25, 0.3) is 0 Å². The van der Waals surface area contributed by atoms with Gasteiger partial charge in [0.05, 0.1) is 0 Å².